The number of para-hydroxylation sites is 1. The minimum absolute atomic E-state index is 0.551. The average Bonchev–Trinajstić information content (AvgIpc) is 1.51. The highest BCUT2D eigenvalue weighted by Crippen LogP contribution is 2.66. The highest BCUT2D eigenvalue weighted by molar-refractivity contribution is 6.11. The highest BCUT2D eigenvalue weighted by Gasteiger charge is 2.54. The summed E-state index contributed by atoms with van der Waals surface area (Å²) in [7, 11) is 0. The van der Waals surface area contributed by atoms with Crippen molar-refractivity contribution in [2.75, 3.05) is 0 Å². The molecule has 0 saturated carbocycles. The van der Waals surface area contributed by atoms with Gasteiger partial charge in [-0.2, -0.15) is 0 Å². The van der Waals surface area contributed by atoms with Crippen molar-refractivity contribution in [1.82, 2.24) is 34.9 Å². The van der Waals surface area contributed by atoms with Crippen molar-refractivity contribution in [1.29, 1.82) is 0 Å². The zero-order valence-corrected chi connectivity index (χ0v) is 65.2. The van der Waals surface area contributed by atoms with Crippen molar-refractivity contribution < 1.29 is 4.74 Å². The van der Waals surface area contributed by atoms with E-state index in [0.717, 1.165) is 183 Å². The molecular weight excluding hydrogens is 1470 g/mol. The molecule has 0 saturated heterocycles. The quantitative estimate of drug-likeness (QED) is 0.125. The summed E-state index contributed by atoms with van der Waals surface area (Å²) in [6.45, 7) is 0. The van der Waals surface area contributed by atoms with Crippen molar-refractivity contribution in [2.45, 2.75) is 10.8 Å². The Bertz CT molecular complexity index is 7860. The van der Waals surface area contributed by atoms with Crippen LogP contribution in [-0.2, 0) is 10.8 Å². The SMILES string of the molecule is c1ccc(-c2cc(-c3ccccc3)cc(-c3nc(-c4cc(-c5ccccc5)cc(-c5cccc(-c6cc7ccc(-c8ccc9c(c8)C8(c%10ccccc%10Oc%10ccc(-c%11ccc%12ccc%13cccnc%13c%12n%11)cc%108)c8ccccc8-9)nc7c7ncccc67)c5)c4)nc(-c4cccc5c4-c4ccccc4C54c5ccccc5-c5ccccc54)n3)c2)cc1. The molecule has 8 heteroatoms. The van der Waals surface area contributed by atoms with Gasteiger partial charge in [-0.05, 0) is 226 Å². The Morgan fingerprint density at radius 2 is 0.603 bits per heavy atom. The third-order valence-electron chi connectivity index (χ3n) is 25.6. The number of aromatic nitrogens is 7. The van der Waals surface area contributed by atoms with E-state index in [1.165, 1.54) is 44.5 Å². The molecule has 16 aromatic carbocycles. The molecule has 6 heterocycles. The van der Waals surface area contributed by atoms with Crippen LogP contribution in [0.15, 0.2) is 407 Å². The molecule has 1 unspecified atom stereocenters. The normalized spacial score (nSPS) is 14.0. The van der Waals surface area contributed by atoms with Gasteiger partial charge in [0.15, 0.2) is 17.5 Å². The number of hydrogen-bond donors (Lipinski definition) is 0. The smallest absolute Gasteiger partial charge is 0.164 e. The fourth-order valence-electron chi connectivity index (χ4n) is 20.3. The number of rotatable bonds is 10. The molecule has 0 amide bonds. The second kappa shape index (κ2) is 26.8. The van der Waals surface area contributed by atoms with E-state index in [4.69, 9.17) is 39.6 Å². The fourth-order valence-corrected chi connectivity index (χ4v) is 20.3. The number of fused-ring (bicyclic) bond motifs is 25. The molecule has 21 aromatic rings. The van der Waals surface area contributed by atoms with Crippen molar-refractivity contribution in [3.8, 4) is 157 Å². The van der Waals surface area contributed by atoms with E-state index in [0.29, 0.717) is 17.5 Å². The first-order valence-corrected chi connectivity index (χ1v) is 41.2. The first kappa shape index (κ1) is 68.2. The fraction of sp³-hybridized carbons (Fsp3) is 0.0177. The molecule has 3 aliphatic carbocycles. The van der Waals surface area contributed by atoms with Gasteiger partial charge in [-0.15, -0.1) is 0 Å². The minimum Gasteiger partial charge on any atom is -0.457 e. The number of hydrogen-bond acceptors (Lipinski definition) is 8. The van der Waals surface area contributed by atoms with Gasteiger partial charge in [0.1, 0.15) is 11.5 Å². The molecule has 560 valence electrons. The van der Waals surface area contributed by atoms with Crippen LogP contribution in [0.4, 0.5) is 0 Å². The average molecular weight is 1540 g/mol. The third kappa shape index (κ3) is 10.4. The van der Waals surface area contributed by atoms with Gasteiger partial charge in [-0.25, -0.2) is 24.9 Å². The van der Waals surface area contributed by atoms with Gasteiger partial charge in [0.05, 0.1) is 44.3 Å². The van der Waals surface area contributed by atoms with Gasteiger partial charge in [-0.3, -0.25) is 9.97 Å². The van der Waals surface area contributed by atoms with Crippen LogP contribution in [0.5, 0.6) is 11.5 Å². The Labute approximate surface area is 697 Å². The summed E-state index contributed by atoms with van der Waals surface area (Å²) >= 11 is 0. The van der Waals surface area contributed by atoms with Gasteiger partial charge >= 0.3 is 0 Å². The molecule has 121 heavy (non-hydrogen) atoms. The van der Waals surface area contributed by atoms with Crippen molar-refractivity contribution in [3.05, 3.63) is 451 Å². The van der Waals surface area contributed by atoms with Crippen LogP contribution in [0.3, 0.4) is 0 Å². The lowest BCUT2D eigenvalue weighted by Gasteiger charge is -2.39. The summed E-state index contributed by atoms with van der Waals surface area (Å²) in [5.41, 5.74) is 35.5. The Hall–Kier alpha value is -16.0. The van der Waals surface area contributed by atoms with Crippen LogP contribution in [0.2, 0.25) is 0 Å². The lowest BCUT2D eigenvalue weighted by Crippen LogP contribution is -2.32. The molecule has 2 spiro atoms. The first-order valence-electron chi connectivity index (χ1n) is 41.2. The maximum Gasteiger partial charge on any atom is 0.164 e. The van der Waals surface area contributed by atoms with Gasteiger partial charge in [-0.1, -0.05) is 291 Å². The molecule has 1 atom stereocenters. The van der Waals surface area contributed by atoms with E-state index in [1.807, 2.05) is 24.5 Å². The molecule has 0 bridgehead atoms. The van der Waals surface area contributed by atoms with Crippen LogP contribution >= 0.6 is 0 Å². The van der Waals surface area contributed by atoms with Crippen LogP contribution < -0.4 is 4.74 Å². The van der Waals surface area contributed by atoms with Crippen molar-refractivity contribution in [3.63, 3.8) is 0 Å². The van der Waals surface area contributed by atoms with Crippen LogP contribution in [0.25, 0.3) is 189 Å². The summed E-state index contributed by atoms with van der Waals surface area (Å²) in [5, 5.41) is 4.07. The standard InChI is InChI=1S/C113H67N7O/c1-4-24-68(25-5-1)78-59-79(69-26-6-2-7-27-69)62-82(61-78)109-118-110(120-111(119-109)90-37-21-44-97-104(90)89-36-13-17-42-95(89)112(97)92-39-14-10-33-84(92)85-34-11-15-40-93(85)112)83-63-80(70-28-8-3-9-29-70)60-81(64-83)73-30-20-31-74(58-73)91-65-77-50-54-101(117-107(77)108-88(91)38-23-57-115-108)75-48-52-87-86-35-12-16-41-94(86)113(98(87)66-75)96-43-18-19-45-102(96)121-103-55-51-76(67-99(103)113)100-53-49-72-47-46-71-32-22-56-114-105(71)106(72)116-100/h1-67H. The largest absolute Gasteiger partial charge is 0.457 e. The monoisotopic (exact) mass is 1540 g/mol. The van der Waals surface area contributed by atoms with E-state index in [9.17, 15) is 0 Å². The third-order valence-corrected chi connectivity index (χ3v) is 25.6. The first-order chi connectivity index (χ1) is 59.9. The van der Waals surface area contributed by atoms with Gasteiger partial charge in [0.25, 0.3) is 0 Å². The Morgan fingerprint density at radius 1 is 0.190 bits per heavy atom. The van der Waals surface area contributed by atoms with Gasteiger partial charge in [0, 0.05) is 72.9 Å². The second-order valence-corrected chi connectivity index (χ2v) is 32.1. The zero-order chi connectivity index (χ0) is 79.4. The van der Waals surface area contributed by atoms with E-state index in [1.54, 1.807) is 0 Å². The maximum atomic E-state index is 6.98. The van der Waals surface area contributed by atoms with Crippen LogP contribution in [-0.4, -0.2) is 34.9 Å². The predicted octanol–water partition coefficient (Wildman–Crippen LogP) is 27.5. The Kier molecular flexibility index (Phi) is 15.1. The minimum atomic E-state index is -0.769. The molecule has 5 aromatic heterocycles. The lowest BCUT2D eigenvalue weighted by atomic mass is 9.65. The van der Waals surface area contributed by atoms with E-state index in [-0.39, 0.29) is 0 Å². The molecular formula is C113H67N7O. The van der Waals surface area contributed by atoms with E-state index in [2.05, 4.69) is 382 Å². The highest BCUT2D eigenvalue weighted by atomic mass is 16.5. The van der Waals surface area contributed by atoms with Crippen molar-refractivity contribution >= 4 is 43.6 Å². The summed E-state index contributed by atoms with van der Waals surface area (Å²) in [4.78, 5) is 38.3. The van der Waals surface area contributed by atoms with Gasteiger partial charge < -0.3 is 4.74 Å². The molecule has 0 N–H and O–H groups in total. The Morgan fingerprint density at radius 3 is 1.23 bits per heavy atom. The van der Waals surface area contributed by atoms with Crippen LogP contribution in [0, 0.1) is 0 Å². The zero-order valence-electron chi connectivity index (χ0n) is 65.2. The van der Waals surface area contributed by atoms with Crippen molar-refractivity contribution in [2.24, 2.45) is 0 Å². The summed E-state index contributed by atoms with van der Waals surface area (Å²) < 4.78 is 6.98. The lowest BCUT2D eigenvalue weighted by molar-refractivity contribution is 0.436. The number of benzene rings is 16. The topological polar surface area (TPSA) is 99.5 Å². The number of nitrogens with zero attached hydrogens (tertiary/aromatic N) is 7. The number of ether oxygens (including phenoxy) is 1. The maximum absolute atomic E-state index is 6.98. The molecule has 8 nitrogen and oxygen atoms in total. The van der Waals surface area contributed by atoms with Gasteiger partial charge in [0.2, 0.25) is 0 Å². The Balaban J connectivity index is 0.632. The summed E-state index contributed by atoms with van der Waals surface area (Å²) in [6.07, 6.45) is 3.73. The summed E-state index contributed by atoms with van der Waals surface area (Å²) in [6, 6.07) is 142. The number of pyridine rings is 4. The molecule has 0 fully saturated rings. The predicted molar refractivity (Wildman–Crippen MR) is 489 cm³/mol. The van der Waals surface area contributed by atoms with E-state index < -0.39 is 10.8 Å². The second-order valence-electron chi connectivity index (χ2n) is 32.1. The van der Waals surface area contributed by atoms with Crippen LogP contribution in [0.1, 0.15) is 44.5 Å². The summed E-state index contributed by atoms with van der Waals surface area (Å²) in [5.74, 6) is 3.32. The molecule has 0 radical (unpaired) electrons. The van der Waals surface area contributed by atoms with E-state index >= 15 is 0 Å². The molecule has 4 aliphatic rings. The molecule has 1 aliphatic heterocycles. The molecule has 25 rings (SSSR count).